The largest absolute Gasteiger partial charge is 0.490 e. The fourth-order valence-corrected chi connectivity index (χ4v) is 5.68. The second kappa shape index (κ2) is 14.8. The van der Waals surface area contributed by atoms with E-state index >= 15 is 0 Å². The maximum atomic E-state index is 11.1. The average molecular weight is 668 g/mol. The lowest BCUT2D eigenvalue weighted by molar-refractivity contribution is -0.192. The zero-order chi connectivity index (χ0) is 34.4. The molecule has 1 fully saturated rings. The number of rotatable bonds is 10. The Morgan fingerprint density at radius 3 is 2.15 bits per heavy atom. The Hall–Kier alpha value is -5.06. The summed E-state index contributed by atoms with van der Waals surface area (Å²) in [6.07, 6.45) is -1.32. The summed E-state index contributed by atoms with van der Waals surface area (Å²) < 4.78 is 35.3. The van der Waals surface area contributed by atoms with Crippen molar-refractivity contribution in [2.45, 2.75) is 49.7 Å². The van der Waals surface area contributed by atoms with E-state index in [2.05, 4.69) is 45.0 Å². The molecule has 0 radical (unpaired) electrons. The zero-order valence-corrected chi connectivity index (χ0v) is 25.9. The van der Waals surface area contributed by atoms with Crippen molar-refractivity contribution >= 4 is 28.9 Å². The van der Waals surface area contributed by atoms with Gasteiger partial charge in [0.1, 0.15) is 12.2 Å². The van der Waals surface area contributed by atoms with Gasteiger partial charge in [-0.1, -0.05) is 60.7 Å². The van der Waals surface area contributed by atoms with E-state index in [4.69, 9.17) is 25.6 Å². The molecule has 16 heteroatoms. The highest BCUT2D eigenvalue weighted by atomic mass is 19.4. The van der Waals surface area contributed by atoms with E-state index in [0.29, 0.717) is 49.0 Å². The molecule has 1 aliphatic rings. The van der Waals surface area contributed by atoms with Crippen LogP contribution in [0.2, 0.25) is 0 Å². The molecule has 7 N–H and O–H groups in total. The van der Waals surface area contributed by atoms with Gasteiger partial charge >= 0.3 is 12.1 Å². The minimum Gasteiger partial charge on any atom is -0.475 e. The second-order valence-corrected chi connectivity index (χ2v) is 11.3. The molecule has 0 saturated heterocycles. The molecule has 0 bridgehead atoms. The number of benzene rings is 2. The van der Waals surface area contributed by atoms with Gasteiger partial charge < -0.3 is 36.3 Å². The van der Waals surface area contributed by atoms with Crippen molar-refractivity contribution in [2.75, 3.05) is 30.3 Å². The Balaban J connectivity index is 0.000000582. The number of alkyl halides is 3. The van der Waals surface area contributed by atoms with Crippen molar-refractivity contribution in [2.24, 2.45) is 5.73 Å². The predicted octanol–water partition coefficient (Wildman–Crippen LogP) is 3.49. The monoisotopic (exact) mass is 667 g/mol. The molecular weight excluding hydrogens is 631 g/mol. The molecule has 2 aromatic carbocycles. The highest BCUT2D eigenvalue weighted by molar-refractivity contribution is 5.84. The Kier molecular flexibility index (Phi) is 10.6. The number of carbonyl (C=O) groups is 1. The number of hydrogen-bond donors (Lipinski definition) is 6. The lowest BCUT2D eigenvalue weighted by Gasteiger charge is -2.20. The molecule has 0 amide bonds. The molecule has 0 spiro atoms. The molecule has 1 saturated carbocycles. The van der Waals surface area contributed by atoms with Gasteiger partial charge in [0.05, 0.1) is 24.6 Å². The van der Waals surface area contributed by atoms with E-state index in [1.54, 1.807) is 17.2 Å². The molecule has 6 rings (SSSR count). The number of aryl methyl sites for hydroxylation is 1. The van der Waals surface area contributed by atoms with Crippen LogP contribution in [0.5, 0.6) is 0 Å². The first-order valence-corrected chi connectivity index (χ1v) is 15.2. The molecule has 5 aromatic rings. The van der Waals surface area contributed by atoms with Crippen LogP contribution < -0.4 is 16.4 Å². The molecule has 1 aliphatic carbocycles. The molecule has 0 aliphatic heterocycles. The first-order chi connectivity index (χ1) is 23.0. The molecule has 13 nitrogen and oxygen atoms in total. The Bertz CT molecular complexity index is 1760. The van der Waals surface area contributed by atoms with Crippen molar-refractivity contribution in [3.8, 4) is 0 Å². The van der Waals surface area contributed by atoms with E-state index < -0.39 is 30.4 Å². The average Bonchev–Trinajstić information content (AvgIpc) is 3.78. The number of carboxylic acids is 1. The van der Waals surface area contributed by atoms with E-state index in [0.717, 1.165) is 5.56 Å². The number of nitrogens with one attached hydrogen (secondary N) is 2. The number of aliphatic hydroxyl groups is 2. The normalized spacial score (nSPS) is 19.2. The van der Waals surface area contributed by atoms with Gasteiger partial charge in [-0.25, -0.2) is 9.78 Å². The van der Waals surface area contributed by atoms with E-state index in [9.17, 15) is 23.4 Å². The lowest BCUT2D eigenvalue weighted by atomic mass is 9.91. The number of carboxylic acid groups (broad SMARTS) is 1. The van der Waals surface area contributed by atoms with Gasteiger partial charge in [-0.2, -0.15) is 28.2 Å². The smallest absolute Gasteiger partial charge is 0.475 e. The Labute approximate surface area is 273 Å². The first kappa shape index (κ1) is 34.3. The van der Waals surface area contributed by atoms with Crippen LogP contribution in [0, 0.1) is 6.92 Å². The van der Waals surface area contributed by atoms with Crippen LogP contribution >= 0.6 is 0 Å². The van der Waals surface area contributed by atoms with Crippen LogP contribution in [-0.4, -0.2) is 88.6 Å². The van der Waals surface area contributed by atoms with Crippen LogP contribution in [0.1, 0.15) is 41.1 Å². The fourth-order valence-electron chi connectivity index (χ4n) is 5.68. The molecule has 4 atom stereocenters. The highest BCUT2D eigenvalue weighted by Gasteiger charge is 2.44. The number of aliphatic carboxylic acids is 1. The number of hydrogen-bond acceptors (Lipinski definition) is 10. The zero-order valence-electron chi connectivity index (χ0n) is 25.9. The number of aliphatic hydroxyl groups excluding tert-OH is 2. The van der Waals surface area contributed by atoms with Crippen LogP contribution in [0.4, 0.5) is 24.9 Å². The third-order valence-electron chi connectivity index (χ3n) is 8.02. The van der Waals surface area contributed by atoms with E-state index in [-0.39, 0.29) is 12.0 Å². The minimum atomic E-state index is -5.08. The van der Waals surface area contributed by atoms with Crippen LogP contribution in [0.25, 0.3) is 11.2 Å². The van der Waals surface area contributed by atoms with Crippen molar-refractivity contribution in [3.63, 3.8) is 0 Å². The third kappa shape index (κ3) is 7.73. The van der Waals surface area contributed by atoms with Gasteiger partial charge in [-0.3, -0.25) is 4.68 Å². The highest BCUT2D eigenvalue weighted by Crippen LogP contribution is 2.40. The number of imidazole rings is 1. The third-order valence-corrected chi connectivity index (χ3v) is 8.02. The first-order valence-electron chi connectivity index (χ1n) is 15.2. The maximum absolute atomic E-state index is 11.1. The summed E-state index contributed by atoms with van der Waals surface area (Å²) >= 11 is 0. The molecule has 48 heavy (non-hydrogen) atoms. The van der Waals surface area contributed by atoms with Crippen molar-refractivity contribution < 1.29 is 33.3 Å². The number of aromatic nitrogens is 6. The summed E-state index contributed by atoms with van der Waals surface area (Å²) in [5.74, 6) is -1.68. The van der Waals surface area contributed by atoms with Crippen molar-refractivity contribution in [3.05, 3.63) is 96.1 Å². The topological polar surface area (TPSA) is 189 Å². The van der Waals surface area contributed by atoms with E-state index in [1.165, 1.54) is 11.1 Å². The Morgan fingerprint density at radius 2 is 1.60 bits per heavy atom. The van der Waals surface area contributed by atoms with Gasteiger partial charge in [0, 0.05) is 31.7 Å². The lowest BCUT2D eigenvalue weighted by Crippen LogP contribution is -2.30. The maximum Gasteiger partial charge on any atom is 0.490 e. The summed E-state index contributed by atoms with van der Waals surface area (Å²) in [4.78, 5) is 23.1. The summed E-state index contributed by atoms with van der Waals surface area (Å²) in [7, 11) is 0. The quantitative estimate of drug-likeness (QED) is 0.128. The van der Waals surface area contributed by atoms with Gasteiger partial charge in [0.15, 0.2) is 17.0 Å². The van der Waals surface area contributed by atoms with Crippen LogP contribution in [0.3, 0.4) is 0 Å². The van der Waals surface area contributed by atoms with Gasteiger partial charge in [0.2, 0.25) is 5.95 Å². The number of nitrogens with two attached hydrogens (primary N) is 1. The SMILES string of the molecule is Cc1cnn([C@H]2C[C@@H](n3cnc4c(NCC(c5ccccc5)c5ccccc5)nc(NCCN)nc43)[C@H](O)[C@@H]2O)c1.O=C(O)C(F)(F)F. The fraction of sp³-hybridized carbons (Fsp3) is 0.344. The van der Waals surface area contributed by atoms with Crippen molar-refractivity contribution in [1.29, 1.82) is 0 Å². The van der Waals surface area contributed by atoms with Crippen LogP contribution in [0.15, 0.2) is 79.4 Å². The number of halogens is 3. The number of nitrogens with zero attached hydrogens (tertiary/aromatic N) is 6. The van der Waals surface area contributed by atoms with Gasteiger partial charge in [-0.15, -0.1) is 0 Å². The molecular formula is C32H36F3N9O4. The summed E-state index contributed by atoms with van der Waals surface area (Å²) in [5.41, 5.74) is 10.3. The molecule has 254 valence electrons. The van der Waals surface area contributed by atoms with Crippen LogP contribution in [-0.2, 0) is 4.79 Å². The molecule has 0 unspecified atom stereocenters. The predicted molar refractivity (Wildman–Crippen MR) is 171 cm³/mol. The molecule has 3 aromatic heterocycles. The van der Waals surface area contributed by atoms with Crippen molar-refractivity contribution in [1.82, 2.24) is 29.3 Å². The summed E-state index contributed by atoms with van der Waals surface area (Å²) in [6.45, 7) is 3.45. The van der Waals surface area contributed by atoms with Gasteiger partial charge in [-0.05, 0) is 30.0 Å². The molecule has 3 heterocycles. The number of anilines is 2. The Morgan fingerprint density at radius 1 is 1.00 bits per heavy atom. The van der Waals surface area contributed by atoms with Gasteiger partial charge in [0.25, 0.3) is 0 Å². The summed E-state index contributed by atoms with van der Waals surface area (Å²) in [6, 6.07) is 19.9. The number of fused-ring (bicyclic) bond motifs is 1. The standard InChI is InChI=1S/C30H35N9O2.C2HF3O2/c1-19-15-35-39(17-19)24-14-23(26(40)27(24)41)38-18-34-25-28(36-30(32-13-12-31)37-29(25)38)33-16-22(20-8-4-2-5-9-20)21-10-6-3-7-11-21;3-2(4,5)1(6)7/h2-11,15,17-18,22-24,26-27,40-41H,12-14,16,31H2,1H3,(H2,32,33,36,37);(H,6,7)/t23-,24+,26+,27-;/m1./s1. The summed E-state index contributed by atoms with van der Waals surface area (Å²) in [5, 5.41) is 40.3. The minimum absolute atomic E-state index is 0.0787. The second-order valence-electron chi connectivity index (χ2n) is 11.3. The van der Waals surface area contributed by atoms with E-state index in [1.807, 2.05) is 54.1 Å².